The summed E-state index contributed by atoms with van der Waals surface area (Å²) in [6.07, 6.45) is 2.49. The van der Waals surface area contributed by atoms with Gasteiger partial charge in [0, 0.05) is 16.5 Å². The maximum atomic E-state index is 13.1. The van der Waals surface area contributed by atoms with Gasteiger partial charge in [-0.05, 0) is 60.9 Å². The average molecular weight is 447 g/mol. The van der Waals surface area contributed by atoms with E-state index in [9.17, 15) is 9.59 Å². The van der Waals surface area contributed by atoms with Gasteiger partial charge in [-0.1, -0.05) is 67.9 Å². The Balaban J connectivity index is 1.73. The Labute approximate surface area is 194 Å². The normalized spacial score (nSPS) is 12.8. The molecule has 0 fully saturated rings. The van der Waals surface area contributed by atoms with E-state index in [1.807, 2.05) is 61.7 Å². The summed E-state index contributed by atoms with van der Waals surface area (Å²) in [4.78, 5) is 26.8. The van der Waals surface area contributed by atoms with E-state index in [0.717, 1.165) is 16.9 Å². The van der Waals surface area contributed by atoms with Crippen LogP contribution in [0.3, 0.4) is 0 Å². The number of rotatable bonds is 8. The van der Waals surface area contributed by atoms with Gasteiger partial charge < -0.3 is 10.6 Å². The monoisotopic (exact) mass is 446 g/mol. The minimum Gasteiger partial charge on any atom is -0.348 e. The third-order valence-electron chi connectivity index (χ3n) is 5.39. The van der Waals surface area contributed by atoms with Gasteiger partial charge >= 0.3 is 0 Å². The molecule has 2 N–H and O–H groups in total. The number of thiophene rings is 1. The molecule has 2 amide bonds. The van der Waals surface area contributed by atoms with Crippen molar-refractivity contribution in [2.75, 3.05) is 0 Å². The highest BCUT2D eigenvalue weighted by Gasteiger charge is 2.25. The molecule has 1 aromatic heterocycles. The second kappa shape index (κ2) is 10.4. The van der Waals surface area contributed by atoms with Crippen molar-refractivity contribution >= 4 is 29.2 Å². The molecule has 166 valence electrons. The van der Waals surface area contributed by atoms with Crippen LogP contribution in [-0.2, 0) is 10.2 Å². The number of hydrogen-bond acceptors (Lipinski definition) is 3. The van der Waals surface area contributed by atoms with E-state index < -0.39 is 0 Å². The Hall–Kier alpha value is -3.18. The summed E-state index contributed by atoms with van der Waals surface area (Å²) in [5, 5.41) is 7.81. The summed E-state index contributed by atoms with van der Waals surface area (Å²) in [6.45, 7) is 8.31. The summed E-state index contributed by atoms with van der Waals surface area (Å²) in [5.41, 5.74) is 2.95. The van der Waals surface area contributed by atoms with Crippen LogP contribution in [0.15, 0.2) is 77.8 Å². The van der Waals surface area contributed by atoms with E-state index in [-0.39, 0.29) is 29.0 Å². The molecule has 0 unspecified atom stereocenters. The van der Waals surface area contributed by atoms with Gasteiger partial charge in [0.1, 0.15) is 5.70 Å². The highest BCUT2D eigenvalue weighted by molar-refractivity contribution is 7.10. The van der Waals surface area contributed by atoms with E-state index in [1.54, 1.807) is 18.2 Å². The van der Waals surface area contributed by atoms with Crippen molar-refractivity contribution in [3.8, 4) is 0 Å². The van der Waals surface area contributed by atoms with Crippen molar-refractivity contribution in [2.24, 2.45) is 0 Å². The van der Waals surface area contributed by atoms with E-state index >= 15 is 0 Å². The smallest absolute Gasteiger partial charge is 0.268 e. The van der Waals surface area contributed by atoms with Crippen LogP contribution >= 0.6 is 11.3 Å². The van der Waals surface area contributed by atoms with Crippen LogP contribution in [0.5, 0.6) is 0 Å². The van der Waals surface area contributed by atoms with E-state index in [1.165, 1.54) is 16.9 Å². The van der Waals surface area contributed by atoms with Gasteiger partial charge in [-0.3, -0.25) is 9.59 Å². The van der Waals surface area contributed by atoms with Gasteiger partial charge in [0.2, 0.25) is 0 Å². The molecule has 0 aliphatic heterocycles. The highest BCUT2D eigenvalue weighted by atomic mass is 32.1. The minimum atomic E-state index is -0.305. The zero-order valence-corrected chi connectivity index (χ0v) is 19.8. The SMILES string of the molecule is Cc1ccc(C(=O)N/C(=C\c2cccs2)C(=O)N[C@H](C)CC(C)(C)c2ccccc2)cc1. The molecule has 0 aliphatic rings. The number of aryl methyl sites for hydroxylation is 1. The number of amides is 2. The van der Waals surface area contributed by atoms with Gasteiger partial charge in [-0.2, -0.15) is 0 Å². The van der Waals surface area contributed by atoms with Crippen LogP contribution in [0, 0.1) is 6.92 Å². The van der Waals surface area contributed by atoms with Crippen LogP contribution in [0.4, 0.5) is 0 Å². The fraction of sp³-hybridized carbons (Fsp3) is 0.259. The molecule has 5 heteroatoms. The molecular weight excluding hydrogens is 416 g/mol. The van der Waals surface area contributed by atoms with Gasteiger partial charge in [0.05, 0.1) is 0 Å². The predicted molar refractivity (Wildman–Crippen MR) is 133 cm³/mol. The molecule has 1 atom stereocenters. The van der Waals surface area contributed by atoms with Crippen molar-refractivity contribution in [2.45, 2.75) is 45.6 Å². The van der Waals surface area contributed by atoms with Crippen molar-refractivity contribution in [3.63, 3.8) is 0 Å². The molecule has 0 saturated carbocycles. The molecule has 3 rings (SSSR count). The molecule has 1 heterocycles. The van der Waals surface area contributed by atoms with Gasteiger partial charge in [0.15, 0.2) is 0 Å². The lowest BCUT2D eigenvalue weighted by Gasteiger charge is -2.29. The van der Waals surface area contributed by atoms with Crippen molar-refractivity contribution < 1.29 is 9.59 Å². The number of hydrogen-bond donors (Lipinski definition) is 2. The maximum Gasteiger partial charge on any atom is 0.268 e. The van der Waals surface area contributed by atoms with Gasteiger partial charge in [-0.15, -0.1) is 11.3 Å². The van der Waals surface area contributed by atoms with Gasteiger partial charge in [0.25, 0.3) is 11.8 Å². The zero-order chi connectivity index (χ0) is 23.1. The molecule has 0 bridgehead atoms. The first-order valence-electron chi connectivity index (χ1n) is 10.7. The molecule has 3 aromatic rings. The summed E-state index contributed by atoms with van der Waals surface area (Å²) in [5.74, 6) is -0.601. The lowest BCUT2D eigenvalue weighted by Crippen LogP contribution is -2.41. The number of carbonyl (C=O) groups excluding carboxylic acids is 2. The molecule has 0 aliphatic carbocycles. The second-order valence-corrected chi connectivity index (χ2v) is 9.70. The largest absolute Gasteiger partial charge is 0.348 e. The van der Waals surface area contributed by atoms with Crippen LogP contribution in [0.25, 0.3) is 6.08 Å². The summed E-state index contributed by atoms with van der Waals surface area (Å²) >= 11 is 1.51. The van der Waals surface area contributed by atoms with Crippen molar-refractivity contribution in [1.29, 1.82) is 0 Å². The molecule has 32 heavy (non-hydrogen) atoms. The summed E-state index contributed by atoms with van der Waals surface area (Å²) in [7, 11) is 0. The van der Waals surface area contributed by atoms with Crippen molar-refractivity contribution in [1.82, 2.24) is 10.6 Å². The van der Waals surface area contributed by atoms with Crippen molar-refractivity contribution in [3.05, 3.63) is 99.4 Å². The summed E-state index contributed by atoms with van der Waals surface area (Å²) < 4.78 is 0. The highest BCUT2D eigenvalue weighted by Crippen LogP contribution is 2.28. The van der Waals surface area contributed by atoms with Crippen LogP contribution < -0.4 is 10.6 Å². The predicted octanol–water partition coefficient (Wildman–Crippen LogP) is 5.70. The first kappa shape index (κ1) is 23.5. The quantitative estimate of drug-likeness (QED) is 0.436. The molecule has 4 nitrogen and oxygen atoms in total. The van der Waals surface area contributed by atoms with Gasteiger partial charge in [-0.25, -0.2) is 0 Å². The fourth-order valence-electron chi connectivity index (χ4n) is 3.70. The van der Waals surface area contributed by atoms with E-state index in [2.05, 4.69) is 36.6 Å². The first-order chi connectivity index (χ1) is 15.2. The standard InChI is InChI=1S/C27H30N2O2S/c1-19-12-14-21(15-13-19)25(30)29-24(17-23-11-8-16-32-23)26(31)28-20(2)18-27(3,4)22-9-6-5-7-10-22/h5-17,20H,18H2,1-4H3,(H,28,31)(H,29,30)/b24-17-/t20-/m1/s1. The third-order valence-corrected chi connectivity index (χ3v) is 6.20. The Bertz CT molecular complexity index is 1070. The van der Waals surface area contributed by atoms with Crippen LogP contribution in [0.2, 0.25) is 0 Å². The molecule has 0 saturated heterocycles. The second-order valence-electron chi connectivity index (χ2n) is 8.72. The Kier molecular flexibility index (Phi) is 7.65. The minimum absolute atomic E-state index is 0.0827. The van der Waals surface area contributed by atoms with E-state index in [0.29, 0.717) is 5.56 Å². The number of carbonyl (C=O) groups is 2. The third kappa shape index (κ3) is 6.41. The Morgan fingerprint density at radius 1 is 1.00 bits per heavy atom. The fourth-order valence-corrected chi connectivity index (χ4v) is 4.36. The van der Waals surface area contributed by atoms with E-state index in [4.69, 9.17) is 0 Å². The maximum absolute atomic E-state index is 13.1. The molecule has 2 aromatic carbocycles. The van der Waals surface area contributed by atoms with Crippen LogP contribution in [-0.4, -0.2) is 17.9 Å². The zero-order valence-electron chi connectivity index (χ0n) is 19.0. The molecule has 0 radical (unpaired) electrons. The number of nitrogens with one attached hydrogen (secondary N) is 2. The number of benzene rings is 2. The molecule has 0 spiro atoms. The Morgan fingerprint density at radius 2 is 1.69 bits per heavy atom. The lowest BCUT2D eigenvalue weighted by molar-refractivity contribution is -0.118. The Morgan fingerprint density at radius 3 is 2.31 bits per heavy atom. The summed E-state index contributed by atoms with van der Waals surface area (Å²) in [6, 6.07) is 21.3. The lowest BCUT2D eigenvalue weighted by atomic mass is 9.79. The topological polar surface area (TPSA) is 58.2 Å². The first-order valence-corrected chi connectivity index (χ1v) is 11.6. The molecular formula is C27H30N2O2S. The van der Waals surface area contributed by atoms with Crippen LogP contribution in [0.1, 0.15) is 53.6 Å². The average Bonchev–Trinajstić information content (AvgIpc) is 3.27.